The average Bonchev–Trinajstić information content (AvgIpc) is 3.58. The minimum atomic E-state index is -3.11. The molecule has 2 aromatic heterocycles. The number of alkyl carbamates (subject to hydrolysis) is 1. The highest BCUT2D eigenvalue weighted by atomic mass is 19.3. The van der Waals surface area contributed by atoms with Gasteiger partial charge in [-0.25, -0.2) is 24.4 Å². The van der Waals surface area contributed by atoms with Crippen molar-refractivity contribution in [3.63, 3.8) is 0 Å². The molecule has 0 spiro atoms. The molecule has 2 aromatic carbocycles. The first kappa shape index (κ1) is 36.1. The van der Waals surface area contributed by atoms with Crippen LogP contribution in [0.3, 0.4) is 0 Å². The molecule has 1 unspecified atom stereocenters. The lowest BCUT2D eigenvalue weighted by Gasteiger charge is -2.35. The molecule has 6 rings (SSSR count). The van der Waals surface area contributed by atoms with Gasteiger partial charge in [0.2, 0.25) is 5.95 Å². The second-order valence-electron chi connectivity index (χ2n) is 13.6. The number of ether oxygens (including phenoxy) is 4. The third kappa shape index (κ3) is 7.92. The van der Waals surface area contributed by atoms with Crippen LogP contribution < -0.4 is 20.5 Å². The van der Waals surface area contributed by atoms with Gasteiger partial charge in [-0.2, -0.15) is 8.78 Å². The summed E-state index contributed by atoms with van der Waals surface area (Å²) in [7, 11) is 1.57. The molecule has 2 atom stereocenters. The number of halogens is 2. The Morgan fingerprint density at radius 1 is 1.06 bits per heavy atom. The lowest BCUT2D eigenvalue weighted by atomic mass is 10.1. The van der Waals surface area contributed by atoms with Gasteiger partial charge in [0, 0.05) is 50.2 Å². The number of hydrogen-bond donors (Lipinski definition) is 1. The van der Waals surface area contributed by atoms with E-state index in [1.165, 1.54) is 23.7 Å². The highest BCUT2D eigenvalue weighted by Crippen LogP contribution is 2.28. The summed E-state index contributed by atoms with van der Waals surface area (Å²) in [4.78, 5) is 62.6. The van der Waals surface area contributed by atoms with Crippen LogP contribution in [0.25, 0.3) is 22.0 Å². The molecule has 0 bridgehead atoms. The summed E-state index contributed by atoms with van der Waals surface area (Å²) in [6, 6.07) is 8.58. The maximum absolute atomic E-state index is 13.5. The number of piperazine rings is 1. The van der Waals surface area contributed by atoms with E-state index < -0.39 is 30.3 Å². The van der Waals surface area contributed by atoms with Crippen molar-refractivity contribution < 1.29 is 42.1 Å². The maximum Gasteiger partial charge on any atom is 0.410 e. The van der Waals surface area contributed by atoms with Crippen molar-refractivity contribution in [2.45, 2.75) is 65.1 Å². The Balaban J connectivity index is 1.21. The van der Waals surface area contributed by atoms with Gasteiger partial charge >= 0.3 is 24.8 Å². The van der Waals surface area contributed by atoms with E-state index in [1.807, 2.05) is 4.90 Å². The lowest BCUT2D eigenvalue weighted by Crippen LogP contribution is -2.52. The van der Waals surface area contributed by atoms with Crippen LogP contribution in [0.5, 0.6) is 5.75 Å². The van der Waals surface area contributed by atoms with Gasteiger partial charge in [0.15, 0.2) is 0 Å². The third-order valence-corrected chi connectivity index (χ3v) is 8.66. The van der Waals surface area contributed by atoms with E-state index in [0.717, 1.165) is 5.56 Å². The van der Waals surface area contributed by atoms with Gasteiger partial charge in [-0.1, -0.05) is 12.1 Å². The Morgan fingerprint density at radius 3 is 2.52 bits per heavy atom. The van der Waals surface area contributed by atoms with Crippen LogP contribution in [-0.4, -0.2) is 92.9 Å². The van der Waals surface area contributed by atoms with Crippen LogP contribution in [0.2, 0.25) is 0 Å². The van der Waals surface area contributed by atoms with Gasteiger partial charge in [-0.05, 0) is 63.1 Å². The molecule has 276 valence electrons. The van der Waals surface area contributed by atoms with Gasteiger partial charge in [0.05, 0.1) is 23.5 Å². The molecule has 0 saturated carbocycles. The zero-order valence-corrected chi connectivity index (χ0v) is 29.3. The molecule has 2 aliphatic heterocycles. The summed E-state index contributed by atoms with van der Waals surface area (Å²) in [6.45, 7) is 5.10. The molecule has 1 N–H and O–H groups in total. The molecule has 0 aliphatic carbocycles. The number of benzene rings is 2. The summed E-state index contributed by atoms with van der Waals surface area (Å²) in [6.07, 6.45) is 2.28. The predicted octanol–water partition coefficient (Wildman–Crippen LogP) is 4.04. The Morgan fingerprint density at radius 2 is 1.81 bits per heavy atom. The third-order valence-electron chi connectivity index (χ3n) is 8.66. The zero-order valence-electron chi connectivity index (χ0n) is 29.3. The molecular weight excluding hydrogens is 684 g/mol. The fourth-order valence-corrected chi connectivity index (χ4v) is 6.09. The molecule has 17 heteroatoms. The van der Waals surface area contributed by atoms with Crippen molar-refractivity contribution in [3.8, 4) is 16.9 Å². The van der Waals surface area contributed by atoms with Crippen molar-refractivity contribution in [1.29, 1.82) is 0 Å². The molecule has 0 radical (unpaired) electrons. The maximum atomic E-state index is 13.5. The summed E-state index contributed by atoms with van der Waals surface area (Å²) in [5.41, 5.74) is 1.64. The van der Waals surface area contributed by atoms with E-state index in [2.05, 4.69) is 15.3 Å². The summed E-state index contributed by atoms with van der Waals surface area (Å²) < 4.78 is 50.4. The van der Waals surface area contributed by atoms with Gasteiger partial charge in [-0.15, -0.1) is 0 Å². The largest absolute Gasteiger partial charge is 0.459 e. The number of carbonyl (C=O) groups excluding carboxylic acids is 3. The van der Waals surface area contributed by atoms with Crippen LogP contribution in [0.1, 0.15) is 38.8 Å². The minimum Gasteiger partial charge on any atom is -0.459 e. The van der Waals surface area contributed by atoms with Crippen LogP contribution in [0.4, 0.5) is 24.3 Å². The van der Waals surface area contributed by atoms with Crippen molar-refractivity contribution in [3.05, 3.63) is 70.3 Å². The number of amides is 2. The van der Waals surface area contributed by atoms with E-state index in [1.54, 1.807) is 74.1 Å². The second kappa shape index (κ2) is 14.5. The molecule has 2 fully saturated rings. The number of aromatic nitrogens is 4. The predicted molar refractivity (Wildman–Crippen MR) is 183 cm³/mol. The number of anilines is 1. The first-order valence-corrected chi connectivity index (χ1v) is 16.6. The number of hydrogen-bond acceptors (Lipinski definition) is 11. The number of fused-ring (bicyclic) bond motifs is 2. The minimum absolute atomic E-state index is 0.0477. The first-order valence-electron chi connectivity index (χ1n) is 16.6. The highest BCUT2D eigenvalue weighted by molar-refractivity contribution is 5.84. The molecule has 15 nitrogen and oxygen atoms in total. The standard InChI is InChI=1S/C35H39F2N7O8/c1-20(40-33(47)52-35(2,3)4)30(46)49-18-21-6-9-28(51-31(36)37)23(12-21)16-44-27-13-22(7-8-26(27)29(45)41(44)5)24-14-38-32(39-15-24)42-10-11-43-25(17-42)19-50-34(43)48/h6-9,12-15,20,25,31H,10-11,16-19H2,1-5H3,(H,40,47)/t20?,25-/m0/s1. The second-order valence-corrected chi connectivity index (χ2v) is 13.6. The van der Waals surface area contributed by atoms with Gasteiger partial charge in [0.1, 0.15) is 30.6 Å². The van der Waals surface area contributed by atoms with Crippen LogP contribution in [-0.2, 0) is 39.2 Å². The Bertz CT molecular complexity index is 2040. The van der Waals surface area contributed by atoms with E-state index in [4.69, 9.17) is 18.9 Å². The van der Waals surface area contributed by atoms with Gasteiger partial charge in [-0.3, -0.25) is 19.1 Å². The van der Waals surface area contributed by atoms with E-state index in [0.29, 0.717) is 59.8 Å². The summed E-state index contributed by atoms with van der Waals surface area (Å²) in [5, 5.41) is 2.82. The van der Waals surface area contributed by atoms with Crippen LogP contribution in [0, 0.1) is 0 Å². The van der Waals surface area contributed by atoms with Crippen molar-refractivity contribution in [1.82, 2.24) is 29.5 Å². The molecule has 52 heavy (non-hydrogen) atoms. The lowest BCUT2D eigenvalue weighted by molar-refractivity contribution is -0.147. The van der Waals surface area contributed by atoms with Gasteiger partial charge < -0.3 is 29.2 Å². The van der Waals surface area contributed by atoms with Crippen molar-refractivity contribution in [2.75, 3.05) is 31.1 Å². The topological polar surface area (TPSA) is 159 Å². The fourth-order valence-electron chi connectivity index (χ4n) is 6.09. The van der Waals surface area contributed by atoms with E-state index >= 15 is 0 Å². The first-order chi connectivity index (χ1) is 24.7. The molecular formula is C35H39F2N7O8. The van der Waals surface area contributed by atoms with Crippen molar-refractivity contribution >= 4 is 35.0 Å². The normalized spacial score (nSPS) is 16.5. The van der Waals surface area contributed by atoms with Crippen LogP contribution in [0.15, 0.2) is 53.6 Å². The average molecular weight is 724 g/mol. The highest BCUT2D eigenvalue weighted by Gasteiger charge is 2.38. The monoisotopic (exact) mass is 723 g/mol. The molecule has 2 amide bonds. The molecule has 4 aromatic rings. The molecule has 2 aliphatic rings. The molecule has 4 heterocycles. The van der Waals surface area contributed by atoms with Crippen LogP contribution >= 0.6 is 0 Å². The number of carbonyl (C=O) groups is 3. The number of nitrogens with one attached hydrogen (secondary N) is 1. The quantitative estimate of drug-likeness (QED) is 0.186. The number of alkyl halides is 2. The van der Waals surface area contributed by atoms with Gasteiger partial charge in [0.25, 0.3) is 5.56 Å². The molecule has 2 saturated heterocycles. The Hall–Kier alpha value is -5.74. The number of cyclic esters (lactones) is 1. The zero-order chi connectivity index (χ0) is 37.3. The smallest absolute Gasteiger partial charge is 0.410 e. The Kier molecular flexibility index (Phi) is 10.0. The number of nitrogens with zero attached hydrogens (tertiary/aromatic N) is 6. The SMILES string of the molecule is CC(NC(=O)OC(C)(C)C)C(=O)OCc1ccc(OC(F)F)c(Cn2c3cc(-c4cnc(N5CCN6C(=O)OC[C@@H]6C5)nc4)ccc3c(=O)n2C)c1. The fraction of sp³-hybridized carbons (Fsp3) is 0.429. The summed E-state index contributed by atoms with van der Waals surface area (Å²) in [5.74, 6) is -0.327. The van der Waals surface area contributed by atoms with Crippen molar-refractivity contribution in [2.24, 2.45) is 7.05 Å². The van der Waals surface area contributed by atoms with E-state index in [9.17, 15) is 28.0 Å². The van der Waals surface area contributed by atoms with E-state index in [-0.39, 0.29) is 36.6 Å². The Labute approximate surface area is 297 Å². The summed E-state index contributed by atoms with van der Waals surface area (Å²) >= 11 is 0. The number of esters is 1. The number of rotatable bonds is 10.